The highest BCUT2D eigenvalue weighted by atomic mass is 35.5. The van der Waals surface area contributed by atoms with Crippen molar-refractivity contribution >= 4 is 45.0 Å². The van der Waals surface area contributed by atoms with Crippen LogP contribution in [0.4, 0.5) is 15.9 Å². The molecule has 5 aromatic rings. The minimum Gasteiger partial charge on any atom is -0.325 e. The average Bonchev–Trinajstić information content (AvgIpc) is 3.39. The molecule has 6 rings (SSSR count). The molecule has 30 heavy (non-hydrogen) atoms. The highest BCUT2D eigenvalue weighted by Gasteiger charge is 2.25. The van der Waals surface area contributed by atoms with Gasteiger partial charge in [-0.2, -0.15) is 5.10 Å². The summed E-state index contributed by atoms with van der Waals surface area (Å²) in [4.78, 5) is 15.5. The van der Waals surface area contributed by atoms with Gasteiger partial charge in [0, 0.05) is 34.8 Å². The molecule has 0 aliphatic carbocycles. The summed E-state index contributed by atoms with van der Waals surface area (Å²) in [5.74, 6) is 0.384. The van der Waals surface area contributed by atoms with Gasteiger partial charge in [-0.3, -0.25) is 5.10 Å². The van der Waals surface area contributed by atoms with Gasteiger partial charge in [-0.25, -0.2) is 19.3 Å². The van der Waals surface area contributed by atoms with E-state index in [1.807, 2.05) is 24.4 Å². The number of anilines is 2. The van der Waals surface area contributed by atoms with Crippen LogP contribution in [0.2, 0.25) is 5.02 Å². The number of hydrogen-bond acceptors (Lipinski definition) is 5. The molecule has 1 aliphatic rings. The van der Waals surface area contributed by atoms with Gasteiger partial charge in [0.05, 0.1) is 16.7 Å². The first-order chi connectivity index (χ1) is 14.7. The highest BCUT2D eigenvalue weighted by molar-refractivity contribution is 6.31. The fourth-order valence-corrected chi connectivity index (χ4v) is 4.19. The fourth-order valence-electron chi connectivity index (χ4n) is 4.03. The van der Waals surface area contributed by atoms with Crippen molar-refractivity contribution in [3.05, 3.63) is 71.5 Å². The summed E-state index contributed by atoms with van der Waals surface area (Å²) in [5.41, 5.74) is 5.38. The van der Waals surface area contributed by atoms with Gasteiger partial charge in [0.25, 0.3) is 0 Å². The van der Waals surface area contributed by atoms with E-state index >= 15 is 0 Å². The molecule has 0 bridgehead atoms. The molecule has 0 fully saturated rings. The number of aromatic amines is 1. The van der Waals surface area contributed by atoms with Crippen LogP contribution in [0.15, 0.2) is 55.1 Å². The average molecular weight is 417 g/mol. The topological polar surface area (TPSA) is 70.6 Å². The zero-order chi connectivity index (χ0) is 20.2. The van der Waals surface area contributed by atoms with Crippen LogP contribution in [-0.4, -0.2) is 31.7 Å². The number of pyridine rings is 1. The predicted octanol–water partition coefficient (Wildman–Crippen LogP) is 5.05. The van der Waals surface area contributed by atoms with Crippen LogP contribution in [0.1, 0.15) is 5.56 Å². The number of fused-ring (bicyclic) bond motifs is 3. The molecule has 3 aromatic heterocycles. The molecule has 146 valence electrons. The number of nitrogens with one attached hydrogen (secondary N) is 1. The third kappa shape index (κ3) is 2.63. The summed E-state index contributed by atoms with van der Waals surface area (Å²) < 4.78 is 13.9. The Labute approximate surface area is 175 Å². The largest absolute Gasteiger partial charge is 0.325 e. The third-order valence-electron chi connectivity index (χ3n) is 5.51. The summed E-state index contributed by atoms with van der Waals surface area (Å²) in [7, 11) is 0. The van der Waals surface area contributed by atoms with Crippen molar-refractivity contribution < 1.29 is 4.39 Å². The summed E-state index contributed by atoms with van der Waals surface area (Å²) in [5, 5.41) is 8.87. The van der Waals surface area contributed by atoms with Crippen LogP contribution < -0.4 is 4.90 Å². The summed E-state index contributed by atoms with van der Waals surface area (Å²) in [6, 6.07) is 11.3. The van der Waals surface area contributed by atoms with Crippen molar-refractivity contribution in [2.45, 2.75) is 6.42 Å². The zero-order valence-electron chi connectivity index (χ0n) is 15.6. The van der Waals surface area contributed by atoms with Crippen molar-refractivity contribution in [2.24, 2.45) is 0 Å². The van der Waals surface area contributed by atoms with Crippen LogP contribution in [0.25, 0.3) is 33.1 Å². The molecule has 0 amide bonds. The van der Waals surface area contributed by atoms with Crippen molar-refractivity contribution in [3.8, 4) is 11.1 Å². The quantitative estimate of drug-likeness (QED) is 0.435. The molecule has 6 nitrogen and oxygen atoms in total. The lowest BCUT2D eigenvalue weighted by Crippen LogP contribution is -2.15. The number of rotatable bonds is 2. The number of hydrogen-bond donors (Lipinski definition) is 1. The van der Waals surface area contributed by atoms with Gasteiger partial charge < -0.3 is 4.90 Å². The van der Waals surface area contributed by atoms with Gasteiger partial charge >= 0.3 is 0 Å². The molecule has 8 heteroatoms. The Hall–Kier alpha value is -3.58. The second-order valence-electron chi connectivity index (χ2n) is 7.26. The Kier molecular flexibility index (Phi) is 3.73. The van der Waals surface area contributed by atoms with E-state index in [1.54, 1.807) is 18.6 Å². The van der Waals surface area contributed by atoms with Gasteiger partial charge in [0.2, 0.25) is 0 Å². The normalized spacial score (nSPS) is 13.3. The van der Waals surface area contributed by atoms with Gasteiger partial charge in [0.1, 0.15) is 18.0 Å². The van der Waals surface area contributed by atoms with Gasteiger partial charge in [0.15, 0.2) is 5.65 Å². The minimum absolute atomic E-state index is 0.110. The summed E-state index contributed by atoms with van der Waals surface area (Å²) in [6.07, 6.45) is 5.86. The second kappa shape index (κ2) is 6.47. The van der Waals surface area contributed by atoms with E-state index in [4.69, 9.17) is 11.6 Å². The maximum Gasteiger partial charge on any atom is 0.155 e. The van der Waals surface area contributed by atoms with E-state index in [9.17, 15) is 4.39 Å². The smallest absolute Gasteiger partial charge is 0.155 e. The van der Waals surface area contributed by atoms with Gasteiger partial charge in [-0.15, -0.1) is 0 Å². The summed E-state index contributed by atoms with van der Waals surface area (Å²) >= 11 is 6.06. The molecular formula is C22H14ClFN6. The van der Waals surface area contributed by atoms with Gasteiger partial charge in [-0.1, -0.05) is 17.7 Å². The monoisotopic (exact) mass is 416 g/mol. The molecule has 0 radical (unpaired) electrons. The number of H-pyrrole nitrogens is 1. The lowest BCUT2D eigenvalue weighted by Gasteiger charge is -2.20. The van der Waals surface area contributed by atoms with Crippen LogP contribution in [0.3, 0.4) is 0 Å². The molecule has 4 heterocycles. The molecule has 0 saturated carbocycles. The SMILES string of the molecule is Fc1cc2c(cc1Cl)N(c1ncnc3ccc(-c4cnc5[nH]ncc5c4)cc13)CC2. The number of benzene rings is 2. The molecular weight excluding hydrogens is 403 g/mol. The number of nitrogens with zero attached hydrogens (tertiary/aromatic N) is 5. The molecule has 0 atom stereocenters. The number of aromatic nitrogens is 5. The van der Waals surface area contributed by atoms with E-state index in [2.05, 4.69) is 36.1 Å². The van der Waals surface area contributed by atoms with Crippen LogP contribution in [-0.2, 0) is 6.42 Å². The van der Waals surface area contributed by atoms with E-state index in [-0.39, 0.29) is 5.02 Å². The van der Waals surface area contributed by atoms with E-state index in [0.717, 1.165) is 56.6 Å². The van der Waals surface area contributed by atoms with Gasteiger partial charge in [-0.05, 0) is 47.9 Å². The van der Waals surface area contributed by atoms with Crippen LogP contribution >= 0.6 is 11.6 Å². The molecule has 0 spiro atoms. The minimum atomic E-state index is -0.394. The maximum absolute atomic E-state index is 13.9. The van der Waals surface area contributed by atoms with E-state index in [0.29, 0.717) is 6.54 Å². The fraction of sp³-hybridized carbons (Fsp3) is 0.0909. The Balaban J connectivity index is 1.51. The Morgan fingerprint density at radius 1 is 1.00 bits per heavy atom. The van der Waals surface area contributed by atoms with Crippen molar-refractivity contribution in [3.63, 3.8) is 0 Å². The third-order valence-corrected chi connectivity index (χ3v) is 5.80. The first kappa shape index (κ1) is 17.3. The second-order valence-corrected chi connectivity index (χ2v) is 7.66. The molecule has 1 N–H and O–H groups in total. The molecule has 2 aromatic carbocycles. The maximum atomic E-state index is 13.9. The lowest BCUT2D eigenvalue weighted by molar-refractivity contribution is 0.627. The molecule has 0 unspecified atom stereocenters. The van der Waals surface area contributed by atoms with Crippen molar-refractivity contribution in [1.82, 2.24) is 25.1 Å². The highest BCUT2D eigenvalue weighted by Crippen LogP contribution is 2.39. The lowest BCUT2D eigenvalue weighted by atomic mass is 10.0. The van der Waals surface area contributed by atoms with Crippen LogP contribution in [0.5, 0.6) is 0 Å². The standard InChI is InChI=1S/C22H14ClFN6/c23-17-8-20-13(7-18(17)24)3-4-30(20)22-16-6-12(1-2-19(16)26-11-27-22)14-5-15-10-28-29-21(15)25-9-14/h1-2,5-11H,3-4H2,(H,25,28,29). The zero-order valence-corrected chi connectivity index (χ0v) is 16.4. The molecule has 0 saturated heterocycles. The number of halogens is 2. The van der Waals surface area contributed by atoms with Crippen molar-refractivity contribution in [2.75, 3.05) is 11.4 Å². The molecule has 1 aliphatic heterocycles. The Bertz CT molecular complexity index is 1450. The Morgan fingerprint density at radius 3 is 2.87 bits per heavy atom. The van der Waals surface area contributed by atoms with E-state index < -0.39 is 5.82 Å². The first-order valence-electron chi connectivity index (χ1n) is 9.47. The Morgan fingerprint density at radius 2 is 1.93 bits per heavy atom. The van der Waals surface area contributed by atoms with Crippen LogP contribution in [0, 0.1) is 5.82 Å². The van der Waals surface area contributed by atoms with Crippen molar-refractivity contribution in [1.29, 1.82) is 0 Å². The van der Waals surface area contributed by atoms with E-state index in [1.165, 1.54) is 6.07 Å². The predicted molar refractivity (Wildman–Crippen MR) is 115 cm³/mol. The summed E-state index contributed by atoms with van der Waals surface area (Å²) in [6.45, 7) is 0.702. The first-order valence-corrected chi connectivity index (χ1v) is 9.85.